The van der Waals surface area contributed by atoms with Crippen molar-refractivity contribution in [3.63, 3.8) is 0 Å². The van der Waals surface area contributed by atoms with Crippen molar-refractivity contribution in [2.75, 3.05) is 11.9 Å². The lowest BCUT2D eigenvalue weighted by Gasteiger charge is -2.11. The maximum atomic E-state index is 4.71. The number of hydrogen-bond donors (Lipinski definition) is 1. The fourth-order valence-corrected chi connectivity index (χ4v) is 2.52. The zero-order chi connectivity index (χ0) is 14.5. The third-order valence-corrected chi connectivity index (χ3v) is 3.56. The molecule has 0 radical (unpaired) electrons. The summed E-state index contributed by atoms with van der Waals surface area (Å²) in [6.45, 7) is 7.33. The summed E-state index contributed by atoms with van der Waals surface area (Å²) >= 11 is 3.57. The van der Waals surface area contributed by atoms with E-state index in [1.54, 1.807) is 0 Å². The van der Waals surface area contributed by atoms with Crippen LogP contribution in [0.4, 0.5) is 5.82 Å². The molecule has 0 amide bonds. The summed E-state index contributed by atoms with van der Waals surface area (Å²) in [5.74, 6) is 2.24. The lowest BCUT2D eigenvalue weighted by molar-refractivity contribution is 0.635. The van der Waals surface area contributed by atoms with E-state index >= 15 is 0 Å². The number of nitrogens with one attached hydrogen (secondary N) is 1. The largest absolute Gasteiger partial charge is 0.370 e. The Labute approximate surface area is 129 Å². The van der Waals surface area contributed by atoms with Gasteiger partial charge in [0.25, 0.3) is 0 Å². The third-order valence-electron chi connectivity index (χ3n) is 2.87. The number of aromatic nitrogens is 2. The van der Waals surface area contributed by atoms with Gasteiger partial charge in [-0.15, -0.1) is 0 Å². The van der Waals surface area contributed by atoms with Crippen LogP contribution in [0.1, 0.15) is 26.5 Å². The Kier molecular flexibility index (Phi) is 5.12. The normalized spacial score (nSPS) is 10.8. The zero-order valence-corrected chi connectivity index (χ0v) is 13.7. The summed E-state index contributed by atoms with van der Waals surface area (Å²) in [4.78, 5) is 9.32. The van der Waals surface area contributed by atoms with E-state index in [1.165, 1.54) is 0 Å². The Bertz CT molecular complexity index is 582. The van der Waals surface area contributed by atoms with Crippen LogP contribution in [-0.4, -0.2) is 16.5 Å². The molecule has 0 aliphatic heterocycles. The van der Waals surface area contributed by atoms with Crippen molar-refractivity contribution >= 4 is 21.7 Å². The topological polar surface area (TPSA) is 37.8 Å². The molecule has 0 aliphatic rings. The van der Waals surface area contributed by atoms with Crippen LogP contribution >= 0.6 is 15.9 Å². The van der Waals surface area contributed by atoms with Crippen LogP contribution in [0.5, 0.6) is 0 Å². The minimum atomic E-state index is 0.575. The highest BCUT2D eigenvalue weighted by atomic mass is 79.9. The van der Waals surface area contributed by atoms with Crippen LogP contribution in [0, 0.1) is 5.92 Å². The number of halogens is 1. The zero-order valence-electron chi connectivity index (χ0n) is 12.2. The Morgan fingerprint density at radius 2 is 1.95 bits per heavy atom. The molecular formula is C16H20BrN3. The van der Waals surface area contributed by atoms with Gasteiger partial charge < -0.3 is 5.32 Å². The van der Waals surface area contributed by atoms with Crippen molar-refractivity contribution in [3.05, 3.63) is 40.5 Å². The SMILES string of the molecule is CCNc1cc(CC(C)C)nc(-c2ccccc2Br)n1. The standard InChI is InChI=1S/C16H20BrN3/c1-4-18-15-10-12(9-11(2)3)19-16(20-15)13-7-5-6-8-14(13)17/h5-8,10-11H,4,9H2,1-3H3,(H,18,19,20). The smallest absolute Gasteiger partial charge is 0.162 e. The highest BCUT2D eigenvalue weighted by Crippen LogP contribution is 2.26. The average molecular weight is 334 g/mol. The van der Waals surface area contributed by atoms with Crippen molar-refractivity contribution < 1.29 is 0 Å². The third kappa shape index (κ3) is 3.79. The Balaban J connectivity index is 2.46. The molecule has 4 heteroatoms. The molecule has 1 heterocycles. The highest BCUT2D eigenvalue weighted by Gasteiger charge is 2.10. The Morgan fingerprint density at radius 3 is 2.60 bits per heavy atom. The van der Waals surface area contributed by atoms with Gasteiger partial charge in [-0.3, -0.25) is 0 Å². The second-order valence-electron chi connectivity index (χ2n) is 5.18. The summed E-state index contributed by atoms with van der Waals surface area (Å²) in [7, 11) is 0. The lowest BCUT2D eigenvalue weighted by atomic mass is 10.1. The van der Waals surface area contributed by atoms with Crippen molar-refractivity contribution in [2.24, 2.45) is 5.92 Å². The maximum absolute atomic E-state index is 4.71. The summed E-state index contributed by atoms with van der Waals surface area (Å²) in [6.07, 6.45) is 0.957. The van der Waals surface area contributed by atoms with E-state index in [0.717, 1.165) is 40.3 Å². The predicted molar refractivity (Wildman–Crippen MR) is 87.9 cm³/mol. The van der Waals surface area contributed by atoms with Gasteiger partial charge in [0.05, 0.1) is 0 Å². The highest BCUT2D eigenvalue weighted by molar-refractivity contribution is 9.10. The van der Waals surface area contributed by atoms with Gasteiger partial charge in [-0.2, -0.15) is 0 Å². The first-order valence-electron chi connectivity index (χ1n) is 6.97. The lowest BCUT2D eigenvalue weighted by Crippen LogP contribution is -2.06. The van der Waals surface area contributed by atoms with Gasteiger partial charge in [0.2, 0.25) is 0 Å². The van der Waals surface area contributed by atoms with Gasteiger partial charge in [0, 0.05) is 28.3 Å². The van der Waals surface area contributed by atoms with E-state index in [9.17, 15) is 0 Å². The summed E-state index contributed by atoms with van der Waals surface area (Å²) < 4.78 is 1.02. The molecule has 0 fully saturated rings. The molecule has 0 atom stereocenters. The fourth-order valence-electron chi connectivity index (χ4n) is 2.06. The van der Waals surface area contributed by atoms with Crippen molar-refractivity contribution in [2.45, 2.75) is 27.2 Å². The van der Waals surface area contributed by atoms with E-state index in [-0.39, 0.29) is 0 Å². The first-order valence-corrected chi connectivity index (χ1v) is 7.76. The molecule has 0 bridgehead atoms. The van der Waals surface area contributed by atoms with Gasteiger partial charge in [-0.05, 0) is 25.3 Å². The van der Waals surface area contributed by atoms with Gasteiger partial charge in [0.1, 0.15) is 5.82 Å². The second-order valence-corrected chi connectivity index (χ2v) is 6.03. The number of rotatable bonds is 5. The van der Waals surface area contributed by atoms with Gasteiger partial charge in [-0.1, -0.05) is 48.0 Å². The van der Waals surface area contributed by atoms with Crippen LogP contribution in [0.3, 0.4) is 0 Å². The van der Waals surface area contributed by atoms with Gasteiger partial charge in [-0.25, -0.2) is 9.97 Å². The second kappa shape index (κ2) is 6.84. The molecular weight excluding hydrogens is 314 g/mol. The molecule has 2 rings (SSSR count). The predicted octanol–water partition coefficient (Wildman–Crippen LogP) is 4.54. The Hall–Kier alpha value is -1.42. The number of anilines is 1. The first kappa shape index (κ1) is 15.0. The van der Waals surface area contributed by atoms with Crippen LogP contribution in [0.2, 0.25) is 0 Å². The number of nitrogens with zero attached hydrogens (tertiary/aromatic N) is 2. The molecule has 0 saturated heterocycles. The molecule has 1 aromatic heterocycles. The van der Waals surface area contributed by atoms with Crippen LogP contribution in [-0.2, 0) is 6.42 Å². The molecule has 0 unspecified atom stereocenters. The summed E-state index contributed by atoms with van der Waals surface area (Å²) in [5.41, 5.74) is 2.11. The van der Waals surface area contributed by atoms with E-state index in [4.69, 9.17) is 4.98 Å². The minimum Gasteiger partial charge on any atom is -0.370 e. The van der Waals surface area contributed by atoms with Crippen LogP contribution in [0.25, 0.3) is 11.4 Å². The van der Waals surface area contributed by atoms with Crippen molar-refractivity contribution in [3.8, 4) is 11.4 Å². The molecule has 3 nitrogen and oxygen atoms in total. The van der Waals surface area contributed by atoms with E-state index < -0.39 is 0 Å². The van der Waals surface area contributed by atoms with Gasteiger partial charge in [0.15, 0.2) is 5.82 Å². The molecule has 2 aromatic rings. The molecule has 20 heavy (non-hydrogen) atoms. The molecule has 0 spiro atoms. The van der Waals surface area contributed by atoms with Gasteiger partial charge >= 0.3 is 0 Å². The average Bonchev–Trinajstić information content (AvgIpc) is 2.38. The number of benzene rings is 1. The molecule has 1 N–H and O–H groups in total. The number of hydrogen-bond acceptors (Lipinski definition) is 3. The summed E-state index contributed by atoms with van der Waals surface area (Å²) in [5, 5.41) is 3.28. The Morgan fingerprint density at radius 1 is 1.20 bits per heavy atom. The maximum Gasteiger partial charge on any atom is 0.162 e. The molecule has 106 valence electrons. The van der Waals surface area contributed by atoms with Crippen molar-refractivity contribution in [1.82, 2.24) is 9.97 Å². The van der Waals surface area contributed by atoms with E-state index in [0.29, 0.717) is 5.92 Å². The first-order chi connectivity index (χ1) is 9.60. The quantitative estimate of drug-likeness (QED) is 0.872. The fraction of sp³-hybridized carbons (Fsp3) is 0.375. The van der Waals surface area contributed by atoms with E-state index in [2.05, 4.69) is 47.0 Å². The molecule has 0 aliphatic carbocycles. The monoisotopic (exact) mass is 333 g/mol. The molecule has 0 saturated carbocycles. The van der Waals surface area contributed by atoms with E-state index in [1.807, 2.05) is 30.3 Å². The van der Waals surface area contributed by atoms with Crippen LogP contribution < -0.4 is 5.32 Å². The van der Waals surface area contributed by atoms with Crippen molar-refractivity contribution in [1.29, 1.82) is 0 Å². The summed E-state index contributed by atoms with van der Waals surface area (Å²) in [6, 6.07) is 10.1. The minimum absolute atomic E-state index is 0.575. The van der Waals surface area contributed by atoms with Crippen LogP contribution in [0.15, 0.2) is 34.8 Å². The molecule has 1 aromatic carbocycles.